The lowest BCUT2D eigenvalue weighted by Crippen LogP contribution is -2.20. The summed E-state index contributed by atoms with van der Waals surface area (Å²) in [5.74, 6) is 2.39. The third kappa shape index (κ3) is 5.21. The normalized spacial score (nSPS) is 15.8. The maximum atomic E-state index is 5.82. The van der Waals surface area contributed by atoms with Crippen LogP contribution < -0.4 is 14.8 Å². The largest absolute Gasteiger partial charge is 0.497 e. The molecule has 1 fully saturated rings. The van der Waals surface area contributed by atoms with Crippen LogP contribution in [0.15, 0.2) is 18.2 Å². The molecular formula is C17H27NO3. The first-order chi connectivity index (χ1) is 10.2. The van der Waals surface area contributed by atoms with Gasteiger partial charge in [-0.2, -0.15) is 0 Å². The van der Waals surface area contributed by atoms with Gasteiger partial charge in [-0.15, -0.1) is 0 Å². The Bertz CT molecular complexity index is 432. The fraction of sp³-hybridized carbons (Fsp3) is 0.647. The van der Waals surface area contributed by atoms with E-state index in [9.17, 15) is 0 Å². The summed E-state index contributed by atoms with van der Waals surface area (Å²) < 4.78 is 16.7. The van der Waals surface area contributed by atoms with Crippen LogP contribution >= 0.6 is 0 Å². The molecule has 0 aliphatic heterocycles. The number of rotatable bonds is 10. The first-order valence-electron chi connectivity index (χ1n) is 7.86. The Kier molecular flexibility index (Phi) is 6.33. The number of benzene rings is 1. The first-order valence-corrected chi connectivity index (χ1v) is 7.86. The lowest BCUT2D eigenvalue weighted by Gasteiger charge is -2.19. The SMILES string of the molecule is CCCNC(C)c1ccc(OC)cc1OCOCC1CC1. The highest BCUT2D eigenvalue weighted by atomic mass is 16.7. The summed E-state index contributed by atoms with van der Waals surface area (Å²) in [7, 11) is 1.67. The van der Waals surface area contributed by atoms with Gasteiger partial charge in [-0.05, 0) is 44.7 Å². The fourth-order valence-electron chi connectivity index (χ4n) is 2.20. The van der Waals surface area contributed by atoms with Crippen molar-refractivity contribution in [1.82, 2.24) is 5.32 Å². The van der Waals surface area contributed by atoms with Crippen LogP contribution in [0.4, 0.5) is 0 Å². The van der Waals surface area contributed by atoms with E-state index in [0.717, 1.165) is 42.6 Å². The Morgan fingerprint density at radius 2 is 2.14 bits per heavy atom. The van der Waals surface area contributed by atoms with Crippen molar-refractivity contribution in [3.05, 3.63) is 23.8 Å². The zero-order valence-corrected chi connectivity index (χ0v) is 13.4. The molecule has 0 bridgehead atoms. The van der Waals surface area contributed by atoms with E-state index in [1.807, 2.05) is 12.1 Å². The van der Waals surface area contributed by atoms with E-state index in [1.54, 1.807) is 7.11 Å². The van der Waals surface area contributed by atoms with Crippen LogP contribution in [0.25, 0.3) is 0 Å². The number of hydrogen-bond donors (Lipinski definition) is 1. The molecule has 0 saturated heterocycles. The highest BCUT2D eigenvalue weighted by Crippen LogP contribution is 2.31. The maximum absolute atomic E-state index is 5.82. The average molecular weight is 293 g/mol. The van der Waals surface area contributed by atoms with Crippen LogP contribution in [0.5, 0.6) is 11.5 Å². The molecule has 21 heavy (non-hydrogen) atoms. The third-order valence-electron chi connectivity index (χ3n) is 3.74. The van der Waals surface area contributed by atoms with Crippen molar-refractivity contribution in [2.45, 2.75) is 39.2 Å². The van der Waals surface area contributed by atoms with Gasteiger partial charge in [0.05, 0.1) is 13.7 Å². The average Bonchev–Trinajstić information content (AvgIpc) is 3.33. The zero-order valence-electron chi connectivity index (χ0n) is 13.4. The van der Waals surface area contributed by atoms with Crippen molar-refractivity contribution >= 4 is 0 Å². The van der Waals surface area contributed by atoms with E-state index in [2.05, 4.69) is 25.2 Å². The Morgan fingerprint density at radius 1 is 1.33 bits per heavy atom. The minimum Gasteiger partial charge on any atom is -0.497 e. The fourth-order valence-corrected chi connectivity index (χ4v) is 2.20. The minimum atomic E-state index is 0.245. The number of ether oxygens (including phenoxy) is 3. The van der Waals surface area contributed by atoms with Crippen molar-refractivity contribution in [2.24, 2.45) is 5.92 Å². The summed E-state index contributed by atoms with van der Waals surface area (Å²) in [5.41, 5.74) is 1.14. The van der Waals surface area contributed by atoms with Gasteiger partial charge in [0.15, 0.2) is 6.79 Å². The summed E-state index contributed by atoms with van der Waals surface area (Å²) in [4.78, 5) is 0. The Hall–Kier alpha value is -1.26. The molecule has 118 valence electrons. The van der Waals surface area contributed by atoms with Crippen molar-refractivity contribution < 1.29 is 14.2 Å². The van der Waals surface area contributed by atoms with E-state index < -0.39 is 0 Å². The predicted molar refractivity (Wildman–Crippen MR) is 83.9 cm³/mol. The molecule has 0 heterocycles. The lowest BCUT2D eigenvalue weighted by molar-refractivity contribution is 0.00915. The highest BCUT2D eigenvalue weighted by Gasteiger charge is 2.21. The van der Waals surface area contributed by atoms with E-state index in [0.29, 0.717) is 6.79 Å². The minimum absolute atomic E-state index is 0.245. The van der Waals surface area contributed by atoms with Gasteiger partial charge >= 0.3 is 0 Å². The maximum Gasteiger partial charge on any atom is 0.189 e. The topological polar surface area (TPSA) is 39.7 Å². The molecule has 4 heteroatoms. The monoisotopic (exact) mass is 293 g/mol. The molecule has 1 N–H and O–H groups in total. The summed E-state index contributed by atoms with van der Waals surface area (Å²) in [6, 6.07) is 6.20. The summed E-state index contributed by atoms with van der Waals surface area (Å²) in [5, 5.41) is 3.48. The van der Waals surface area contributed by atoms with Gasteiger partial charge in [-0.25, -0.2) is 0 Å². The molecular weight excluding hydrogens is 266 g/mol. The van der Waals surface area contributed by atoms with Gasteiger partial charge in [0.25, 0.3) is 0 Å². The summed E-state index contributed by atoms with van der Waals surface area (Å²) in [6.07, 6.45) is 3.70. The van der Waals surface area contributed by atoms with Crippen molar-refractivity contribution in [2.75, 3.05) is 27.1 Å². The standard InChI is InChI=1S/C17H27NO3/c1-4-9-18-13(2)16-8-7-15(19-3)10-17(16)21-12-20-11-14-5-6-14/h7-8,10,13-14,18H,4-6,9,11-12H2,1-3H3. The van der Waals surface area contributed by atoms with Crippen molar-refractivity contribution in [1.29, 1.82) is 0 Å². The highest BCUT2D eigenvalue weighted by molar-refractivity contribution is 5.42. The second-order valence-corrected chi connectivity index (χ2v) is 5.66. The van der Waals surface area contributed by atoms with Crippen molar-refractivity contribution in [3.63, 3.8) is 0 Å². The molecule has 1 aliphatic carbocycles. The van der Waals surface area contributed by atoms with E-state index in [1.165, 1.54) is 12.8 Å². The van der Waals surface area contributed by atoms with Crippen LogP contribution in [-0.4, -0.2) is 27.1 Å². The number of hydrogen-bond acceptors (Lipinski definition) is 4. The molecule has 1 unspecified atom stereocenters. The Morgan fingerprint density at radius 3 is 2.81 bits per heavy atom. The summed E-state index contributed by atoms with van der Waals surface area (Å²) >= 11 is 0. The third-order valence-corrected chi connectivity index (χ3v) is 3.74. The van der Waals surface area contributed by atoms with Gasteiger partial charge in [-0.1, -0.05) is 13.0 Å². The van der Waals surface area contributed by atoms with E-state index in [-0.39, 0.29) is 6.04 Å². The van der Waals surface area contributed by atoms with Crippen LogP contribution in [-0.2, 0) is 4.74 Å². The molecule has 4 nitrogen and oxygen atoms in total. The van der Waals surface area contributed by atoms with Crippen LogP contribution in [0.3, 0.4) is 0 Å². The first kappa shape index (κ1) is 16.1. The van der Waals surface area contributed by atoms with E-state index in [4.69, 9.17) is 14.2 Å². The molecule has 0 spiro atoms. The second kappa shape index (κ2) is 8.25. The van der Waals surface area contributed by atoms with Gasteiger partial charge in [0.2, 0.25) is 0 Å². The number of nitrogens with one attached hydrogen (secondary N) is 1. The van der Waals surface area contributed by atoms with E-state index >= 15 is 0 Å². The Labute approximate surface area is 127 Å². The molecule has 2 rings (SSSR count). The molecule has 1 aromatic rings. The molecule has 0 amide bonds. The van der Waals surface area contributed by atoms with Crippen LogP contribution in [0, 0.1) is 5.92 Å². The number of methoxy groups -OCH3 is 1. The quantitative estimate of drug-likeness (QED) is 0.529. The van der Waals surface area contributed by atoms with Gasteiger partial charge in [0, 0.05) is 17.7 Å². The predicted octanol–water partition coefficient (Wildman–Crippen LogP) is 3.52. The smallest absolute Gasteiger partial charge is 0.189 e. The van der Waals surface area contributed by atoms with Crippen LogP contribution in [0.1, 0.15) is 44.7 Å². The molecule has 1 aliphatic rings. The molecule has 1 saturated carbocycles. The molecule has 0 radical (unpaired) electrons. The molecule has 0 aromatic heterocycles. The van der Waals surface area contributed by atoms with Crippen LogP contribution in [0.2, 0.25) is 0 Å². The van der Waals surface area contributed by atoms with Gasteiger partial charge in [0.1, 0.15) is 11.5 Å². The molecule has 1 aromatic carbocycles. The molecule has 1 atom stereocenters. The Balaban J connectivity index is 1.95. The zero-order chi connectivity index (χ0) is 15.1. The lowest BCUT2D eigenvalue weighted by atomic mass is 10.1. The second-order valence-electron chi connectivity index (χ2n) is 5.66. The summed E-state index contributed by atoms with van der Waals surface area (Å²) in [6.45, 7) is 6.41. The van der Waals surface area contributed by atoms with Gasteiger partial charge in [-0.3, -0.25) is 0 Å². The van der Waals surface area contributed by atoms with Crippen molar-refractivity contribution in [3.8, 4) is 11.5 Å². The van der Waals surface area contributed by atoms with Gasteiger partial charge < -0.3 is 19.5 Å².